The number of nitro benzene ring substituents is 1. The maximum absolute atomic E-state index is 11.1. The van der Waals surface area contributed by atoms with Gasteiger partial charge < -0.3 is 4.74 Å². The summed E-state index contributed by atoms with van der Waals surface area (Å²) in [5.41, 5.74) is 1.62. The molecule has 0 N–H and O–H groups in total. The van der Waals surface area contributed by atoms with E-state index < -0.39 is 4.92 Å². The van der Waals surface area contributed by atoms with Gasteiger partial charge >= 0.3 is 5.69 Å². The summed E-state index contributed by atoms with van der Waals surface area (Å²) >= 11 is 5.70. The number of benzene rings is 2. The first-order valence-electron chi connectivity index (χ1n) is 6.24. The molecule has 4 nitrogen and oxygen atoms in total. The smallest absolute Gasteiger partial charge is 0.311 e. The zero-order valence-corrected chi connectivity index (χ0v) is 11.8. The molecule has 5 heteroatoms. The minimum absolute atomic E-state index is 0.0749. The van der Waals surface area contributed by atoms with Gasteiger partial charge in [0, 0.05) is 11.9 Å². The number of alkyl halides is 1. The molecule has 0 unspecified atom stereocenters. The fourth-order valence-corrected chi connectivity index (χ4v) is 2.06. The molecule has 0 fully saturated rings. The Morgan fingerprint density at radius 3 is 2.60 bits per heavy atom. The Bertz CT molecular complexity index is 628. The molecule has 0 saturated carbocycles. The summed E-state index contributed by atoms with van der Waals surface area (Å²) in [6, 6.07) is 12.2. The fraction of sp³-hybridized carbons (Fsp3) is 0.200. The monoisotopic (exact) mass is 291 g/mol. The molecule has 0 aliphatic carbocycles. The minimum atomic E-state index is -0.458. The average Bonchev–Trinajstić information content (AvgIpc) is 2.48. The van der Waals surface area contributed by atoms with Crippen LogP contribution in [0.1, 0.15) is 18.1 Å². The van der Waals surface area contributed by atoms with Crippen molar-refractivity contribution < 1.29 is 9.66 Å². The summed E-state index contributed by atoms with van der Waals surface area (Å²) < 4.78 is 5.71. The van der Waals surface area contributed by atoms with Gasteiger partial charge in [0.15, 0.2) is 0 Å². The molecule has 0 saturated heterocycles. The van der Waals surface area contributed by atoms with Crippen LogP contribution in [0.4, 0.5) is 5.69 Å². The molecule has 0 aliphatic heterocycles. The highest BCUT2D eigenvalue weighted by atomic mass is 35.5. The summed E-state index contributed by atoms with van der Waals surface area (Å²) in [7, 11) is 0. The van der Waals surface area contributed by atoms with Gasteiger partial charge in [-0.2, -0.15) is 0 Å². The topological polar surface area (TPSA) is 52.4 Å². The quantitative estimate of drug-likeness (QED) is 0.456. The van der Waals surface area contributed by atoms with Crippen LogP contribution in [0.5, 0.6) is 11.5 Å². The molecule has 0 aromatic heterocycles. The van der Waals surface area contributed by atoms with Gasteiger partial charge in [0.05, 0.1) is 4.92 Å². The number of rotatable bonds is 5. The third-order valence-corrected chi connectivity index (χ3v) is 3.26. The van der Waals surface area contributed by atoms with E-state index in [4.69, 9.17) is 16.3 Å². The van der Waals surface area contributed by atoms with Crippen LogP contribution in [0.15, 0.2) is 42.5 Å². The van der Waals surface area contributed by atoms with Crippen LogP contribution < -0.4 is 4.74 Å². The normalized spacial score (nSPS) is 10.3. The lowest BCUT2D eigenvalue weighted by Crippen LogP contribution is -1.96. The van der Waals surface area contributed by atoms with Crippen molar-refractivity contribution in [1.29, 1.82) is 0 Å². The van der Waals surface area contributed by atoms with Crippen molar-refractivity contribution in [2.75, 3.05) is 0 Å². The largest absolute Gasteiger partial charge is 0.450 e. The van der Waals surface area contributed by atoms with E-state index in [-0.39, 0.29) is 17.3 Å². The molecule has 0 atom stereocenters. The van der Waals surface area contributed by atoms with Gasteiger partial charge in [-0.25, -0.2) is 0 Å². The van der Waals surface area contributed by atoms with Gasteiger partial charge in [0.1, 0.15) is 5.75 Å². The summed E-state index contributed by atoms with van der Waals surface area (Å²) in [5.74, 6) is 1.09. The van der Waals surface area contributed by atoms with E-state index in [0.717, 1.165) is 12.0 Å². The van der Waals surface area contributed by atoms with Crippen LogP contribution >= 0.6 is 11.6 Å². The summed E-state index contributed by atoms with van der Waals surface area (Å²) in [4.78, 5) is 10.7. The van der Waals surface area contributed by atoms with E-state index in [1.54, 1.807) is 18.2 Å². The van der Waals surface area contributed by atoms with Gasteiger partial charge in [-0.05, 0) is 29.7 Å². The lowest BCUT2D eigenvalue weighted by atomic mass is 10.1. The third-order valence-electron chi connectivity index (χ3n) is 2.95. The number of nitrogens with zero attached hydrogens (tertiary/aromatic N) is 1. The van der Waals surface area contributed by atoms with Crippen molar-refractivity contribution in [3.05, 3.63) is 63.7 Å². The van der Waals surface area contributed by atoms with E-state index in [9.17, 15) is 10.1 Å². The molecule has 2 rings (SSSR count). The molecule has 2 aromatic carbocycles. The Hall–Kier alpha value is -2.07. The number of para-hydroxylation sites is 1. The standard InChI is InChI=1S/C15H14ClNO3/c1-2-12-5-3-4-6-14(12)20-15-8-7-11(10-16)9-13(15)17(18)19/h3-9H,2,10H2,1H3. The predicted molar refractivity (Wildman–Crippen MR) is 78.5 cm³/mol. The molecule has 20 heavy (non-hydrogen) atoms. The number of hydrogen-bond acceptors (Lipinski definition) is 3. The molecular weight excluding hydrogens is 278 g/mol. The first kappa shape index (κ1) is 14.3. The molecule has 0 heterocycles. The van der Waals surface area contributed by atoms with E-state index in [1.807, 2.05) is 25.1 Å². The first-order chi connectivity index (χ1) is 9.65. The maximum Gasteiger partial charge on any atom is 0.311 e. The predicted octanol–water partition coefficient (Wildman–Crippen LogP) is 4.69. The molecule has 2 aromatic rings. The van der Waals surface area contributed by atoms with Gasteiger partial charge in [-0.3, -0.25) is 10.1 Å². The highest BCUT2D eigenvalue weighted by Crippen LogP contribution is 2.34. The van der Waals surface area contributed by atoms with Crippen molar-refractivity contribution in [2.24, 2.45) is 0 Å². The zero-order valence-electron chi connectivity index (χ0n) is 11.0. The van der Waals surface area contributed by atoms with Crippen molar-refractivity contribution in [3.8, 4) is 11.5 Å². The van der Waals surface area contributed by atoms with Crippen LogP contribution in [-0.4, -0.2) is 4.92 Å². The highest BCUT2D eigenvalue weighted by Gasteiger charge is 2.17. The summed E-state index contributed by atoms with van der Waals surface area (Å²) in [6.07, 6.45) is 0.795. The minimum Gasteiger partial charge on any atom is -0.450 e. The second-order valence-electron chi connectivity index (χ2n) is 4.26. The molecule has 104 valence electrons. The molecule has 0 spiro atoms. The summed E-state index contributed by atoms with van der Waals surface area (Å²) in [6.45, 7) is 2.01. The highest BCUT2D eigenvalue weighted by molar-refractivity contribution is 6.17. The first-order valence-corrected chi connectivity index (χ1v) is 6.78. The summed E-state index contributed by atoms with van der Waals surface area (Å²) in [5, 5.41) is 11.1. The van der Waals surface area contributed by atoms with Crippen LogP contribution in [0.2, 0.25) is 0 Å². The Kier molecular flexibility index (Phi) is 4.58. The van der Waals surface area contributed by atoms with E-state index in [2.05, 4.69) is 0 Å². The second-order valence-corrected chi connectivity index (χ2v) is 4.52. The Labute approximate surface area is 122 Å². The Morgan fingerprint density at radius 1 is 1.20 bits per heavy atom. The second kappa shape index (κ2) is 6.39. The molecule has 0 aliphatic rings. The zero-order chi connectivity index (χ0) is 14.5. The maximum atomic E-state index is 11.1. The van der Waals surface area contributed by atoms with Crippen molar-refractivity contribution in [2.45, 2.75) is 19.2 Å². The average molecular weight is 292 g/mol. The lowest BCUT2D eigenvalue weighted by molar-refractivity contribution is -0.385. The van der Waals surface area contributed by atoms with Crippen molar-refractivity contribution >= 4 is 17.3 Å². The van der Waals surface area contributed by atoms with Gasteiger partial charge in [0.25, 0.3) is 0 Å². The number of hydrogen-bond donors (Lipinski definition) is 0. The number of nitro groups is 1. The molecule has 0 radical (unpaired) electrons. The van der Waals surface area contributed by atoms with Crippen LogP contribution in [0.3, 0.4) is 0 Å². The van der Waals surface area contributed by atoms with Crippen LogP contribution in [0.25, 0.3) is 0 Å². The van der Waals surface area contributed by atoms with Crippen molar-refractivity contribution in [3.63, 3.8) is 0 Å². The number of ether oxygens (including phenoxy) is 1. The van der Waals surface area contributed by atoms with Crippen LogP contribution in [0, 0.1) is 10.1 Å². The SMILES string of the molecule is CCc1ccccc1Oc1ccc(CCl)cc1[N+](=O)[O-]. The Balaban J connectivity index is 2.40. The van der Waals surface area contributed by atoms with E-state index >= 15 is 0 Å². The van der Waals surface area contributed by atoms with Gasteiger partial charge in [-0.1, -0.05) is 31.2 Å². The van der Waals surface area contributed by atoms with Crippen LogP contribution in [-0.2, 0) is 12.3 Å². The van der Waals surface area contributed by atoms with Crippen molar-refractivity contribution in [1.82, 2.24) is 0 Å². The molecule has 0 amide bonds. The lowest BCUT2D eigenvalue weighted by Gasteiger charge is -2.10. The molecule has 0 bridgehead atoms. The van der Waals surface area contributed by atoms with Gasteiger partial charge in [0.2, 0.25) is 5.75 Å². The van der Waals surface area contributed by atoms with E-state index in [1.165, 1.54) is 6.07 Å². The Morgan fingerprint density at radius 2 is 1.95 bits per heavy atom. The third kappa shape index (κ3) is 3.08. The number of aryl methyl sites for hydroxylation is 1. The number of halogens is 1. The molecular formula is C15H14ClNO3. The van der Waals surface area contributed by atoms with Gasteiger partial charge in [-0.15, -0.1) is 11.6 Å². The van der Waals surface area contributed by atoms with E-state index in [0.29, 0.717) is 11.3 Å². The fourth-order valence-electron chi connectivity index (χ4n) is 1.89.